The molecule has 1 fully saturated rings. The zero-order valence-corrected chi connectivity index (χ0v) is 12.3. The van der Waals surface area contributed by atoms with Crippen LogP contribution in [-0.2, 0) is 0 Å². The lowest BCUT2D eigenvalue weighted by Crippen LogP contribution is -2.37. The van der Waals surface area contributed by atoms with E-state index in [9.17, 15) is 0 Å². The molecule has 4 nitrogen and oxygen atoms in total. The van der Waals surface area contributed by atoms with Crippen LogP contribution in [0.4, 0.5) is 11.8 Å². The Balaban J connectivity index is 1.96. The predicted molar refractivity (Wildman–Crippen MR) is 82.1 cm³/mol. The average Bonchev–Trinajstić information content (AvgIpc) is 2.87. The second-order valence-corrected chi connectivity index (χ2v) is 6.43. The van der Waals surface area contributed by atoms with E-state index in [0.29, 0.717) is 5.95 Å². The number of nitrogens with zero attached hydrogens (tertiary/aromatic N) is 2. The highest BCUT2D eigenvalue weighted by atomic mass is 32.1. The molecule has 1 aliphatic rings. The van der Waals surface area contributed by atoms with Crippen LogP contribution < -0.4 is 10.6 Å². The van der Waals surface area contributed by atoms with Gasteiger partial charge in [-0.15, -0.1) is 11.3 Å². The highest BCUT2D eigenvalue weighted by molar-refractivity contribution is 7.16. The Labute approximate surface area is 117 Å². The second-order valence-electron chi connectivity index (χ2n) is 5.53. The van der Waals surface area contributed by atoms with Crippen LogP contribution in [0.15, 0.2) is 11.4 Å². The van der Waals surface area contributed by atoms with E-state index in [4.69, 9.17) is 0 Å². The molecule has 1 saturated carbocycles. The van der Waals surface area contributed by atoms with Crippen LogP contribution in [0.25, 0.3) is 10.2 Å². The van der Waals surface area contributed by atoms with Crippen molar-refractivity contribution in [3.05, 3.63) is 11.4 Å². The number of hydrogen-bond donors (Lipinski definition) is 2. The van der Waals surface area contributed by atoms with Crippen LogP contribution in [0, 0.1) is 0 Å². The number of anilines is 2. The Morgan fingerprint density at radius 2 is 2.00 bits per heavy atom. The third-order valence-corrected chi connectivity index (χ3v) is 4.73. The largest absolute Gasteiger partial charge is 0.364 e. The van der Waals surface area contributed by atoms with Crippen molar-refractivity contribution in [1.29, 1.82) is 0 Å². The van der Waals surface area contributed by atoms with E-state index in [1.165, 1.54) is 32.1 Å². The molecule has 2 heterocycles. The minimum Gasteiger partial charge on any atom is -0.364 e. The smallest absolute Gasteiger partial charge is 0.225 e. The van der Waals surface area contributed by atoms with Crippen molar-refractivity contribution in [2.75, 3.05) is 17.7 Å². The summed E-state index contributed by atoms with van der Waals surface area (Å²) in [5, 5.41) is 9.93. The summed E-state index contributed by atoms with van der Waals surface area (Å²) in [4.78, 5) is 10.1. The first kappa shape index (κ1) is 12.7. The van der Waals surface area contributed by atoms with Gasteiger partial charge in [-0.25, -0.2) is 4.98 Å². The number of hydrogen-bond acceptors (Lipinski definition) is 5. The van der Waals surface area contributed by atoms with Gasteiger partial charge in [0.15, 0.2) is 0 Å². The molecule has 0 radical (unpaired) electrons. The van der Waals surface area contributed by atoms with E-state index in [2.05, 4.69) is 39.0 Å². The normalized spacial score (nSPS) is 18.4. The fourth-order valence-corrected chi connectivity index (χ4v) is 3.57. The quantitative estimate of drug-likeness (QED) is 0.893. The summed E-state index contributed by atoms with van der Waals surface area (Å²) in [5.41, 5.74) is 0.173. The van der Waals surface area contributed by atoms with Gasteiger partial charge in [0.1, 0.15) is 10.6 Å². The predicted octanol–water partition coefficient (Wildman–Crippen LogP) is 3.87. The van der Waals surface area contributed by atoms with Crippen LogP contribution in [0.1, 0.15) is 39.0 Å². The van der Waals surface area contributed by atoms with Crippen LogP contribution in [0.5, 0.6) is 0 Å². The Bertz CT molecular complexity index is 572. The molecular formula is C14H20N4S. The number of fused-ring (bicyclic) bond motifs is 1. The lowest BCUT2D eigenvalue weighted by Gasteiger charge is -2.35. The minimum atomic E-state index is 0.173. The van der Waals surface area contributed by atoms with E-state index in [-0.39, 0.29) is 5.54 Å². The number of aromatic nitrogens is 2. The monoisotopic (exact) mass is 276 g/mol. The lowest BCUT2D eigenvalue weighted by atomic mass is 9.83. The molecule has 0 atom stereocenters. The molecular weight excluding hydrogens is 256 g/mol. The summed E-state index contributed by atoms with van der Waals surface area (Å²) in [5.74, 6) is 1.66. The molecule has 19 heavy (non-hydrogen) atoms. The van der Waals surface area contributed by atoms with Crippen molar-refractivity contribution in [1.82, 2.24) is 9.97 Å². The number of thiophene rings is 1. The third kappa shape index (κ3) is 2.52. The molecule has 2 aromatic rings. The van der Waals surface area contributed by atoms with E-state index < -0.39 is 0 Å². The molecule has 0 aliphatic heterocycles. The highest BCUT2D eigenvalue weighted by Gasteiger charge is 2.27. The van der Waals surface area contributed by atoms with Crippen molar-refractivity contribution in [3.8, 4) is 0 Å². The van der Waals surface area contributed by atoms with Gasteiger partial charge in [0.05, 0.1) is 5.39 Å². The van der Waals surface area contributed by atoms with E-state index in [0.717, 1.165) is 16.0 Å². The molecule has 5 heteroatoms. The summed E-state index contributed by atoms with van der Waals surface area (Å²) in [6.45, 7) is 2.31. The Kier molecular flexibility index (Phi) is 3.31. The van der Waals surface area contributed by atoms with Gasteiger partial charge < -0.3 is 10.6 Å². The summed E-state index contributed by atoms with van der Waals surface area (Å²) in [6, 6.07) is 2.11. The Morgan fingerprint density at radius 3 is 2.74 bits per heavy atom. The standard InChI is InChI=1S/C14H20N4S/c1-14(7-4-3-5-8-14)18-11-10-6-9-19-12(10)17-13(15-2)16-11/h6,9H,3-5,7-8H2,1-2H3,(H2,15,16,17,18). The molecule has 0 aromatic carbocycles. The van der Waals surface area contributed by atoms with Crippen LogP contribution in [0.2, 0.25) is 0 Å². The highest BCUT2D eigenvalue weighted by Crippen LogP contribution is 2.34. The van der Waals surface area contributed by atoms with Gasteiger partial charge in [0.25, 0.3) is 0 Å². The zero-order chi connectivity index (χ0) is 13.3. The molecule has 0 spiro atoms. The second kappa shape index (κ2) is 4.96. The molecule has 2 N–H and O–H groups in total. The van der Waals surface area contributed by atoms with Gasteiger partial charge in [0.2, 0.25) is 5.95 Å². The third-order valence-electron chi connectivity index (χ3n) is 3.93. The van der Waals surface area contributed by atoms with E-state index >= 15 is 0 Å². The van der Waals surface area contributed by atoms with Gasteiger partial charge in [0, 0.05) is 12.6 Å². The van der Waals surface area contributed by atoms with E-state index in [1.807, 2.05) is 7.05 Å². The van der Waals surface area contributed by atoms with Crippen LogP contribution in [0.3, 0.4) is 0 Å². The molecule has 102 valence electrons. The van der Waals surface area contributed by atoms with Gasteiger partial charge in [-0.3, -0.25) is 0 Å². The van der Waals surface area contributed by atoms with Crippen molar-refractivity contribution in [2.24, 2.45) is 0 Å². The number of nitrogens with one attached hydrogen (secondary N) is 2. The van der Waals surface area contributed by atoms with Crippen LogP contribution >= 0.6 is 11.3 Å². The van der Waals surface area contributed by atoms with Crippen molar-refractivity contribution < 1.29 is 0 Å². The molecule has 1 aliphatic carbocycles. The van der Waals surface area contributed by atoms with Crippen molar-refractivity contribution in [3.63, 3.8) is 0 Å². The zero-order valence-electron chi connectivity index (χ0n) is 11.5. The molecule has 0 saturated heterocycles. The van der Waals surface area contributed by atoms with Crippen molar-refractivity contribution >= 4 is 33.3 Å². The summed E-state index contributed by atoms with van der Waals surface area (Å²) in [7, 11) is 1.86. The molecule has 3 rings (SSSR count). The van der Waals surface area contributed by atoms with Gasteiger partial charge in [-0.05, 0) is 31.2 Å². The Hall–Kier alpha value is -1.36. The first-order valence-electron chi connectivity index (χ1n) is 6.91. The topological polar surface area (TPSA) is 49.8 Å². The van der Waals surface area contributed by atoms with Gasteiger partial charge in [-0.1, -0.05) is 19.3 Å². The first-order chi connectivity index (χ1) is 9.20. The maximum Gasteiger partial charge on any atom is 0.225 e. The average molecular weight is 276 g/mol. The molecule has 0 amide bonds. The molecule has 2 aromatic heterocycles. The first-order valence-corrected chi connectivity index (χ1v) is 7.79. The number of rotatable bonds is 3. The van der Waals surface area contributed by atoms with Gasteiger partial charge in [-0.2, -0.15) is 4.98 Å². The minimum absolute atomic E-state index is 0.173. The summed E-state index contributed by atoms with van der Waals surface area (Å²) in [6.07, 6.45) is 6.41. The SMILES string of the molecule is CNc1nc(NC2(C)CCCCC2)c2ccsc2n1. The Morgan fingerprint density at radius 1 is 1.21 bits per heavy atom. The fraction of sp³-hybridized carbons (Fsp3) is 0.571. The maximum atomic E-state index is 4.60. The summed E-state index contributed by atoms with van der Waals surface area (Å²) < 4.78 is 0. The van der Waals surface area contributed by atoms with E-state index in [1.54, 1.807) is 11.3 Å². The fourth-order valence-electron chi connectivity index (χ4n) is 2.81. The van der Waals surface area contributed by atoms with Crippen LogP contribution in [-0.4, -0.2) is 22.6 Å². The maximum absolute atomic E-state index is 4.60. The molecule has 0 unspecified atom stereocenters. The lowest BCUT2D eigenvalue weighted by molar-refractivity contribution is 0.349. The molecule has 0 bridgehead atoms. The van der Waals surface area contributed by atoms with Gasteiger partial charge >= 0.3 is 0 Å². The summed E-state index contributed by atoms with van der Waals surface area (Å²) >= 11 is 1.66. The van der Waals surface area contributed by atoms with Crippen molar-refractivity contribution in [2.45, 2.75) is 44.6 Å².